The quantitative estimate of drug-likeness (QED) is 0.830. The fraction of sp³-hybridized carbons (Fsp3) is 0.500. The molecule has 1 unspecified atom stereocenters. The van der Waals surface area contributed by atoms with Crippen LogP contribution in [-0.4, -0.2) is 39.6 Å². The van der Waals surface area contributed by atoms with Crippen molar-refractivity contribution in [3.63, 3.8) is 0 Å². The summed E-state index contributed by atoms with van der Waals surface area (Å²) in [6.07, 6.45) is 2.19. The summed E-state index contributed by atoms with van der Waals surface area (Å²) < 4.78 is 1.72. The lowest BCUT2D eigenvalue weighted by Crippen LogP contribution is -2.15. The molecule has 3 rings (SSSR count). The Kier molecular flexibility index (Phi) is 2.48. The zero-order valence-corrected chi connectivity index (χ0v) is 10.0. The third kappa shape index (κ3) is 1.98. The summed E-state index contributed by atoms with van der Waals surface area (Å²) in [5.41, 5.74) is 6.69. The number of nitrogens with two attached hydrogens (primary N) is 1. The van der Waals surface area contributed by atoms with Gasteiger partial charge in [-0.15, -0.1) is 5.10 Å². The molecule has 1 aliphatic rings. The van der Waals surface area contributed by atoms with E-state index < -0.39 is 0 Å². The van der Waals surface area contributed by atoms with Crippen LogP contribution in [-0.2, 0) is 6.42 Å². The average Bonchev–Trinajstić information content (AvgIpc) is 2.86. The average molecular weight is 231 g/mol. The highest BCUT2D eigenvalue weighted by atomic mass is 15.3. The molecule has 1 atom stereocenters. The first kappa shape index (κ1) is 10.5. The van der Waals surface area contributed by atoms with E-state index in [9.17, 15) is 0 Å². The van der Waals surface area contributed by atoms with E-state index in [0.717, 1.165) is 24.4 Å². The monoisotopic (exact) mass is 231 g/mol. The summed E-state index contributed by atoms with van der Waals surface area (Å²) >= 11 is 0. The molecule has 2 aromatic heterocycles. The van der Waals surface area contributed by atoms with Crippen LogP contribution in [0.5, 0.6) is 0 Å². The van der Waals surface area contributed by atoms with E-state index in [2.05, 4.69) is 22.0 Å². The van der Waals surface area contributed by atoms with Crippen LogP contribution >= 0.6 is 0 Å². The fourth-order valence-corrected chi connectivity index (χ4v) is 2.51. The largest absolute Gasteiger partial charge is 0.384 e. The van der Waals surface area contributed by atoms with Gasteiger partial charge in [0, 0.05) is 13.0 Å². The Morgan fingerprint density at radius 1 is 1.47 bits per heavy atom. The second-order valence-corrected chi connectivity index (χ2v) is 4.87. The number of aromatic nitrogens is 3. The molecule has 5 heteroatoms. The number of anilines is 1. The summed E-state index contributed by atoms with van der Waals surface area (Å²) in [4.78, 5) is 6.87. The van der Waals surface area contributed by atoms with Crippen molar-refractivity contribution in [1.29, 1.82) is 0 Å². The molecule has 17 heavy (non-hydrogen) atoms. The Balaban J connectivity index is 1.84. The molecule has 0 aromatic carbocycles. The van der Waals surface area contributed by atoms with Crippen molar-refractivity contribution in [2.24, 2.45) is 5.92 Å². The molecule has 2 N–H and O–H groups in total. The predicted molar refractivity (Wildman–Crippen MR) is 66.7 cm³/mol. The van der Waals surface area contributed by atoms with Gasteiger partial charge in [0.1, 0.15) is 5.82 Å². The zero-order chi connectivity index (χ0) is 11.8. The van der Waals surface area contributed by atoms with Crippen molar-refractivity contribution in [2.75, 3.05) is 25.9 Å². The highest BCUT2D eigenvalue weighted by molar-refractivity contribution is 5.45. The molecule has 0 aliphatic carbocycles. The number of rotatable bonds is 2. The van der Waals surface area contributed by atoms with Crippen LogP contribution in [0.4, 0.5) is 5.82 Å². The van der Waals surface area contributed by atoms with E-state index in [1.807, 2.05) is 18.2 Å². The highest BCUT2D eigenvalue weighted by Gasteiger charge is 2.21. The Morgan fingerprint density at radius 3 is 3.06 bits per heavy atom. The summed E-state index contributed by atoms with van der Waals surface area (Å²) in [6.45, 7) is 2.32. The maximum atomic E-state index is 5.85. The van der Waals surface area contributed by atoms with E-state index in [1.54, 1.807) is 4.52 Å². The maximum absolute atomic E-state index is 5.85. The first-order valence-corrected chi connectivity index (χ1v) is 6.01. The number of likely N-dealkylation sites (tertiary alicyclic amines) is 1. The maximum Gasteiger partial charge on any atom is 0.157 e. The minimum atomic E-state index is 0.643. The van der Waals surface area contributed by atoms with Crippen LogP contribution in [0, 0.1) is 5.92 Å². The smallest absolute Gasteiger partial charge is 0.157 e. The van der Waals surface area contributed by atoms with Crippen LogP contribution in [0.25, 0.3) is 5.65 Å². The number of hydrogen-bond donors (Lipinski definition) is 1. The number of hydrogen-bond acceptors (Lipinski definition) is 4. The van der Waals surface area contributed by atoms with Gasteiger partial charge in [-0.05, 0) is 38.1 Å². The van der Waals surface area contributed by atoms with Crippen LogP contribution < -0.4 is 5.73 Å². The third-order valence-corrected chi connectivity index (χ3v) is 3.39. The molecule has 0 bridgehead atoms. The van der Waals surface area contributed by atoms with Crippen LogP contribution in [0.3, 0.4) is 0 Å². The van der Waals surface area contributed by atoms with Crippen LogP contribution in [0.15, 0.2) is 18.2 Å². The summed E-state index contributed by atoms with van der Waals surface area (Å²) in [7, 11) is 2.16. The normalized spacial score (nSPS) is 21.4. The summed E-state index contributed by atoms with van der Waals surface area (Å²) in [5, 5.41) is 4.46. The standard InChI is InChI=1S/C12H17N5/c1-16-6-5-9(8-16)7-11-14-12-4-2-3-10(13)17(12)15-11/h2-4,9H,5-8,13H2,1H3. The van der Waals surface area contributed by atoms with Gasteiger partial charge in [0.15, 0.2) is 11.5 Å². The van der Waals surface area contributed by atoms with Crippen molar-refractivity contribution in [3.8, 4) is 0 Å². The van der Waals surface area contributed by atoms with E-state index in [4.69, 9.17) is 5.73 Å². The van der Waals surface area contributed by atoms with Crippen molar-refractivity contribution >= 4 is 11.5 Å². The van der Waals surface area contributed by atoms with Gasteiger partial charge in [0.2, 0.25) is 0 Å². The molecule has 3 heterocycles. The van der Waals surface area contributed by atoms with E-state index in [-0.39, 0.29) is 0 Å². The molecule has 0 radical (unpaired) electrons. The summed E-state index contributed by atoms with van der Waals surface area (Å²) in [5.74, 6) is 2.23. The SMILES string of the molecule is CN1CCC(Cc2nc3cccc(N)n3n2)C1. The molecule has 90 valence electrons. The molecule has 0 saturated carbocycles. The van der Waals surface area contributed by atoms with Gasteiger partial charge in [0.25, 0.3) is 0 Å². The first-order chi connectivity index (χ1) is 8.22. The van der Waals surface area contributed by atoms with E-state index in [1.165, 1.54) is 13.0 Å². The van der Waals surface area contributed by atoms with Crippen LogP contribution in [0.1, 0.15) is 12.2 Å². The van der Waals surface area contributed by atoms with E-state index in [0.29, 0.717) is 11.7 Å². The van der Waals surface area contributed by atoms with Gasteiger partial charge < -0.3 is 10.6 Å². The van der Waals surface area contributed by atoms with Gasteiger partial charge in [-0.3, -0.25) is 0 Å². The van der Waals surface area contributed by atoms with Crippen LogP contribution in [0.2, 0.25) is 0 Å². The number of nitrogen functional groups attached to an aromatic ring is 1. The van der Waals surface area contributed by atoms with Crippen molar-refractivity contribution in [1.82, 2.24) is 19.5 Å². The van der Waals surface area contributed by atoms with Gasteiger partial charge in [-0.2, -0.15) is 4.52 Å². The minimum absolute atomic E-state index is 0.643. The predicted octanol–water partition coefficient (Wildman–Crippen LogP) is 0.806. The Morgan fingerprint density at radius 2 is 2.35 bits per heavy atom. The minimum Gasteiger partial charge on any atom is -0.384 e. The Bertz CT molecular complexity index is 533. The third-order valence-electron chi connectivity index (χ3n) is 3.39. The molecular formula is C12H17N5. The lowest BCUT2D eigenvalue weighted by Gasteiger charge is -2.07. The highest BCUT2D eigenvalue weighted by Crippen LogP contribution is 2.18. The lowest BCUT2D eigenvalue weighted by atomic mass is 10.1. The second kappa shape index (κ2) is 4.00. The fourth-order valence-electron chi connectivity index (χ4n) is 2.51. The molecule has 1 fully saturated rings. The summed E-state index contributed by atoms with van der Waals surface area (Å²) in [6, 6.07) is 5.69. The van der Waals surface area contributed by atoms with Crippen molar-refractivity contribution in [3.05, 3.63) is 24.0 Å². The first-order valence-electron chi connectivity index (χ1n) is 6.01. The second-order valence-electron chi connectivity index (χ2n) is 4.87. The van der Waals surface area contributed by atoms with Crippen molar-refractivity contribution in [2.45, 2.75) is 12.8 Å². The zero-order valence-electron chi connectivity index (χ0n) is 10.0. The molecule has 5 nitrogen and oxygen atoms in total. The van der Waals surface area contributed by atoms with E-state index >= 15 is 0 Å². The Hall–Kier alpha value is -1.62. The van der Waals surface area contributed by atoms with Gasteiger partial charge >= 0.3 is 0 Å². The van der Waals surface area contributed by atoms with Crippen molar-refractivity contribution < 1.29 is 0 Å². The Labute approximate surface area is 100 Å². The molecule has 2 aromatic rings. The number of pyridine rings is 1. The number of fused-ring (bicyclic) bond motifs is 1. The number of nitrogens with zero attached hydrogens (tertiary/aromatic N) is 4. The molecule has 0 spiro atoms. The molecule has 0 amide bonds. The van der Waals surface area contributed by atoms with Gasteiger partial charge in [0.05, 0.1) is 0 Å². The van der Waals surface area contributed by atoms with Gasteiger partial charge in [-0.25, -0.2) is 4.98 Å². The topological polar surface area (TPSA) is 59.5 Å². The molecule has 1 saturated heterocycles. The van der Waals surface area contributed by atoms with Gasteiger partial charge in [-0.1, -0.05) is 6.07 Å². The lowest BCUT2D eigenvalue weighted by molar-refractivity contribution is 0.392. The molecular weight excluding hydrogens is 214 g/mol. The molecule has 1 aliphatic heterocycles.